The molecule has 2 heterocycles. The summed E-state index contributed by atoms with van der Waals surface area (Å²) in [4.78, 5) is 7.19. The molecule has 0 bridgehead atoms. The minimum Gasteiger partial charge on any atom is -0.339 e. The van der Waals surface area contributed by atoms with Crippen LogP contribution < -0.4 is 5.32 Å². The maximum atomic E-state index is 5.59. The van der Waals surface area contributed by atoms with Crippen molar-refractivity contribution in [1.29, 1.82) is 0 Å². The van der Waals surface area contributed by atoms with Gasteiger partial charge in [0.2, 0.25) is 5.89 Å². The highest BCUT2D eigenvalue weighted by atomic mass is 16.5. The Morgan fingerprint density at radius 1 is 1.25 bits per heavy atom. The van der Waals surface area contributed by atoms with Crippen LogP contribution in [0.2, 0.25) is 0 Å². The second kappa shape index (κ2) is 5.45. The fraction of sp³-hybridized carbons (Fsp3) is 0.867. The van der Waals surface area contributed by atoms with Gasteiger partial charge in [-0.1, -0.05) is 18.5 Å². The molecule has 1 saturated heterocycles. The Morgan fingerprint density at radius 3 is 2.65 bits per heavy atom. The van der Waals surface area contributed by atoms with Crippen molar-refractivity contribution < 1.29 is 4.52 Å². The maximum Gasteiger partial charge on any atom is 0.230 e. The fourth-order valence-corrected chi connectivity index (χ4v) is 3.51. The van der Waals surface area contributed by atoms with Crippen LogP contribution in [0.5, 0.6) is 0 Å². The van der Waals surface area contributed by atoms with Crippen molar-refractivity contribution in [3.63, 3.8) is 0 Å². The Kier molecular flexibility index (Phi) is 3.82. The molecule has 0 spiro atoms. The molecule has 20 heavy (non-hydrogen) atoms. The van der Waals surface area contributed by atoms with E-state index in [9.17, 15) is 0 Å². The number of aromatic nitrogens is 2. The van der Waals surface area contributed by atoms with Crippen molar-refractivity contribution in [1.82, 2.24) is 20.4 Å². The van der Waals surface area contributed by atoms with Gasteiger partial charge in [-0.15, -0.1) is 0 Å². The van der Waals surface area contributed by atoms with Gasteiger partial charge >= 0.3 is 0 Å². The van der Waals surface area contributed by atoms with Crippen molar-refractivity contribution in [2.75, 3.05) is 26.2 Å². The maximum absolute atomic E-state index is 5.59. The average Bonchev–Trinajstić information content (AvgIpc) is 3.08. The van der Waals surface area contributed by atoms with Crippen LogP contribution in [0.25, 0.3) is 0 Å². The van der Waals surface area contributed by atoms with Gasteiger partial charge in [0.05, 0.1) is 5.54 Å². The number of hydrogen-bond acceptors (Lipinski definition) is 5. The molecule has 1 aromatic rings. The van der Waals surface area contributed by atoms with Crippen LogP contribution in [0.4, 0.5) is 0 Å². The quantitative estimate of drug-likeness (QED) is 0.918. The monoisotopic (exact) mass is 278 g/mol. The van der Waals surface area contributed by atoms with Gasteiger partial charge in [0.1, 0.15) is 0 Å². The highest BCUT2D eigenvalue weighted by molar-refractivity contribution is 5.06. The smallest absolute Gasteiger partial charge is 0.230 e. The van der Waals surface area contributed by atoms with Gasteiger partial charge in [-0.2, -0.15) is 4.98 Å². The molecular formula is C15H26N4O. The standard InChI is InChI=1S/C15H26N4O/c1-11-5-4-6-12(11)13-17-14(18-20-13)15(2,3)19-9-7-16-8-10-19/h11-12,16H,4-10H2,1-3H3. The van der Waals surface area contributed by atoms with Crippen LogP contribution in [0, 0.1) is 5.92 Å². The molecule has 1 aromatic heterocycles. The Balaban J connectivity index is 1.78. The van der Waals surface area contributed by atoms with Crippen LogP contribution in [-0.4, -0.2) is 41.2 Å². The van der Waals surface area contributed by atoms with Crippen molar-refractivity contribution in [3.8, 4) is 0 Å². The highest BCUT2D eigenvalue weighted by Crippen LogP contribution is 2.39. The minimum atomic E-state index is -0.147. The summed E-state index contributed by atoms with van der Waals surface area (Å²) in [5, 5.41) is 7.68. The summed E-state index contributed by atoms with van der Waals surface area (Å²) in [6.07, 6.45) is 3.76. The highest BCUT2D eigenvalue weighted by Gasteiger charge is 2.36. The Bertz CT molecular complexity index is 450. The van der Waals surface area contributed by atoms with E-state index in [0.29, 0.717) is 11.8 Å². The predicted octanol–water partition coefficient (Wildman–Crippen LogP) is 2.11. The number of rotatable bonds is 3. The number of nitrogens with one attached hydrogen (secondary N) is 1. The van der Waals surface area contributed by atoms with Crippen LogP contribution in [0.3, 0.4) is 0 Å². The van der Waals surface area contributed by atoms with E-state index in [1.165, 1.54) is 19.3 Å². The zero-order valence-electron chi connectivity index (χ0n) is 12.9. The van der Waals surface area contributed by atoms with Crippen molar-refractivity contribution in [3.05, 3.63) is 11.7 Å². The van der Waals surface area contributed by atoms with E-state index in [0.717, 1.165) is 37.9 Å². The van der Waals surface area contributed by atoms with Crippen molar-refractivity contribution in [2.45, 2.75) is 51.5 Å². The number of piperazine rings is 1. The summed E-state index contributed by atoms with van der Waals surface area (Å²) in [5.41, 5.74) is -0.147. The van der Waals surface area contributed by atoms with Crippen LogP contribution in [-0.2, 0) is 5.54 Å². The first-order valence-electron chi connectivity index (χ1n) is 7.89. The van der Waals surface area contributed by atoms with Crippen LogP contribution in [0.1, 0.15) is 57.7 Å². The molecule has 1 aliphatic carbocycles. The molecule has 0 aromatic carbocycles. The Hall–Kier alpha value is -0.940. The normalized spacial score (nSPS) is 28.9. The van der Waals surface area contributed by atoms with E-state index in [1.807, 2.05) is 0 Å². The lowest BCUT2D eigenvalue weighted by Crippen LogP contribution is -2.52. The first-order chi connectivity index (χ1) is 9.59. The molecule has 0 radical (unpaired) electrons. The lowest BCUT2D eigenvalue weighted by Gasteiger charge is -2.38. The van der Waals surface area contributed by atoms with Gasteiger partial charge in [0.25, 0.3) is 0 Å². The predicted molar refractivity (Wildman–Crippen MR) is 77.5 cm³/mol. The third kappa shape index (κ3) is 2.49. The second-order valence-corrected chi connectivity index (χ2v) is 6.77. The second-order valence-electron chi connectivity index (χ2n) is 6.77. The van der Waals surface area contributed by atoms with E-state index in [2.05, 4.69) is 36.1 Å². The fourth-order valence-electron chi connectivity index (χ4n) is 3.51. The van der Waals surface area contributed by atoms with E-state index < -0.39 is 0 Å². The van der Waals surface area contributed by atoms with E-state index in [4.69, 9.17) is 9.51 Å². The SMILES string of the molecule is CC1CCCC1c1nc(C(C)(C)N2CCNCC2)no1. The average molecular weight is 278 g/mol. The molecule has 1 aliphatic heterocycles. The summed E-state index contributed by atoms with van der Waals surface area (Å²) in [6.45, 7) is 10.8. The first kappa shape index (κ1) is 14.0. The summed E-state index contributed by atoms with van der Waals surface area (Å²) < 4.78 is 5.59. The lowest BCUT2D eigenvalue weighted by molar-refractivity contribution is 0.0924. The van der Waals surface area contributed by atoms with Crippen LogP contribution in [0.15, 0.2) is 4.52 Å². The number of hydrogen-bond donors (Lipinski definition) is 1. The molecular weight excluding hydrogens is 252 g/mol. The van der Waals surface area contributed by atoms with Gasteiger partial charge in [-0.3, -0.25) is 4.90 Å². The van der Waals surface area contributed by atoms with E-state index in [1.54, 1.807) is 0 Å². The Labute approximate surface area is 121 Å². The summed E-state index contributed by atoms with van der Waals surface area (Å²) in [6, 6.07) is 0. The van der Waals surface area contributed by atoms with Gasteiger partial charge in [-0.05, 0) is 32.6 Å². The molecule has 5 nitrogen and oxygen atoms in total. The van der Waals surface area contributed by atoms with Gasteiger partial charge in [0, 0.05) is 32.1 Å². The lowest BCUT2D eigenvalue weighted by atomic mass is 9.97. The molecule has 1 saturated carbocycles. The summed E-state index contributed by atoms with van der Waals surface area (Å²) >= 11 is 0. The number of nitrogens with zero attached hydrogens (tertiary/aromatic N) is 3. The summed E-state index contributed by atoms with van der Waals surface area (Å²) in [7, 11) is 0. The Morgan fingerprint density at radius 2 is 2.00 bits per heavy atom. The third-order valence-electron chi connectivity index (χ3n) is 5.08. The first-order valence-corrected chi connectivity index (χ1v) is 7.89. The largest absolute Gasteiger partial charge is 0.339 e. The van der Waals surface area contributed by atoms with Crippen molar-refractivity contribution in [2.24, 2.45) is 5.92 Å². The topological polar surface area (TPSA) is 54.2 Å². The molecule has 2 fully saturated rings. The van der Waals surface area contributed by atoms with E-state index >= 15 is 0 Å². The molecule has 2 aliphatic rings. The van der Waals surface area contributed by atoms with Gasteiger partial charge in [-0.25, -0.2) is 0 Å². The van der Waals surface area contributed by atoms with Crippen LogP contribution >= 0.6 is 0 Å². The molecule has 2 unspecified atom stereocenters. The molecule has 2 atom stereocenters. The van der Waals surface area contributed by atoms with E-state index in [-0.39, 0.29) is 5.54 Å². The van der Waals surface area contributed by atoms with Gasteiger partial charge in [0.15, 0.2) is 5.82 Å². The zero-order valence-corrected chi connectivity index (χ0v) is 12.9. The molecule has 3 rings (SSSR count). The van der Waals surface area contributed by atoms with Gasteiger partial charge < -0.3 is 9.84 Å². The minimum absolute atomic E-state index is 0.147. The van der Waals surface area contributed by atoms with Crippen molar-refractivity contribution >= 4 is 0 Å². The molecule has 5 heteroatoms. The summed E-state index contributed by atoms with van der Waals surface area (Å²) in [5.74, 6) is 2.84. The molecule has 1 N–H and O–H groups in total. The zero-order chi connectivity index (χ0) is 14.2. The molecule has 0 amide bonds. The molecule has 112 valence electrons. The third-order valence-corrected chi connectivity index (χ3v) is 5.08.